The normalized spacial score (nSPS) is 17.1. The van der Waals surface area contributed by atoms with Crippen LogP contribution in [0.5, 0.6) is 0 Å². The number of benzene rings is 1. The van der Waals surface area contributed by atoms with Gasteiger partial charge in [-0.25, -0.2) is 9.78 Å². The third kappa shape index (κ3) is 4.27. The monoisotopic (exact) mass is 374 g/mol. The molecule has 1 aromatic heterocycles. The molecule has 2 amide bonds. The molecule has 1 aliphatic rings. The third-order valence-electron chi connectivity index (χ3n) is 4.74. The fourth-order valence-corrected chi connectivity index (χ4v) is 3.26. The van der Waals surface area contributed by atoms with Crippen molar-refractivity contribution >= 4 is 23.4 Å². The van der Waals surface area contributed by atoms with Crippen molar-refractivity contribution in [3.63, 3.8) is 0 Å². The highest BCUT2D eigenvalue weighted by Crippen LogP contribution is 2.34. The van der Waals surface area contributed by atoms with Crippen molar-refractivity contribution in [3.05, 3.63) is 30.0 Å². The van der Waals surface area contributed by atoms with Crippen LogP contribution in [0.3, 0.4) is 0 Å². The number of nitrogens with one attached hydrogen (secondary N) is 3. The number of imidazole rings is 1. The lowest BCUT2D eigenvalue weighted by atomic mass is 9.97. The van der Waals surface area contributed by atoms with Gasteiger partial charge in [-0.05, 0) is 37.5 Å². The molecule has 0 unspecified atom stereocenters. The summed E-state index contributed by atoms with van der Waals surface area (Å²) in [5.74, 6) is 0.0576. The Hall–Kier alpha value is -2.90. The van der Waals surface area contributed by atoms with Crippen LogP contribution in [0.2, 0.25) is 0 Å². The van der Waals surface area contributed by atoms with Gasteiger partial charge in [0.15, 0.2) is 0 Å². The second-order valence-electron chi connectivity index (χ2n) is 6.56. The molecule has 1 atom stereocenters. The first-order valence-corrected chi connectivity index (χ1v) is 9.06. The van der Waals surface area contributed by atoms with E-state index in [1.165, 1.54) is 7.11 Å². The second kappa shape index (κ2) is 8.20. The largest absolute Gasteiger partial charge is 0.453 e. The first-order valence-electron chi connectivity index (χ1n) is 9.06. The number of carbonyl (C=O) groups excluding carboxylic acids is 2. The van der Waals surface area contributed by atoms with Crippen molar-refractivity contribution in [1.29, 1.82) is 0 Å². The van der Waals surface area contributed by atoms with Gasteiger partial charge in [0, 0.05) is 23.6 Å². The van der Waals surface area contributed by atoms with Crippen LogP contribution >= 0.6 is 0 Å². The van der Waals surface area contributed by atoms with Crippen molar-refractivity contribution < 1.29 is 18.7 Å². The maximum Gasteiger partial charge on any atom is 0.411 e. The summed E-state index contributed by atoms with van der Waals surface area (Å²) < 4.78 is 19.2. The van der Waals surface area contributed by atoms with E-state index in [2.05, 4.69) is 25.3 Å². The highest BCUT2D eigenvalue weighted by Gasteiger charge is 2.22. The Bertz CT molecular complexity index is 849. The van der Waals surface area contributed by atoms with Crippen LogP contribution in [0.1, 0.15) is 50.8 Å². The van der Waals surface area contributed by atoms with E-state index >= 15 is 0 Å². The lowest BCUT2D eigenvalue weighted by Crippen LogP contribution is -2.14. The minimum Gasteiger partial charge on any atom is -0.453 e. The Labute approximate surface area is 156 Å². The summed E-state index contributed by atoms with van der Waals surface area (Å²) >= 11 is 0. The summed E-state index contributed by atoms with van der Waals surface area (Å²) in [6, 6.07) is 4.80. The van der Waals surface area contributed by atoms with Crippen LogP contribution < -0.4 is 10.6 Å². The van der Waals surface area contributed by atoms with Crippen LogP contribution in [0, 0.1) is 5.95 Å². The van der Waals surface area contributed by atoms with Gasteiger partial charge in [-0.3, -0.25) is 10.1 Å². The number of amides is 2. The average molecular weight is 374 g/mol. The van der Waals surface area contributed by atoms with Crippen LogP contribution in [0.4, 0.5) is 20.6 Å². The second-order valence-corrected chi connectivity index (χ2v) is 6.56. The van der Waals surface area contributed by atoms with E-state index in [9.17, 15) is 14.0 Å². The SMILES string of the molecule is CC[C@H]1CCCCC(=O)Nc2cc(NC(=O)OC)ccc2-c2nc1[nH]c2F. The van der Waals surface area contributed by atoms with Gasteiger partial charge in [0.1, 0.15) is 11.5 Å². The molecule has 0 saturated heterocycles. The molecule has 144 valence electrons. The smallest absolute Gasteiger partial charge is 0.411 e. The maximum atomic E-state index is 14.6. The number of aromatic amines is 1. The summed E-state index contributed by atoms with van der Waals surface area (Å²) in [6.07, 6.45) is 3.05. The molecule has 0 fully saturated rings. The predicted molar refractivity (Wildman–Crippen MR) is 100 cm³/mol. The van der Waals surface area contributed by atoms with Crippen LogP contribution in [0.15, 0.2) is 18.2 Å². The molecule has 0 aliphatic carbocycles. The number of hydrogen-bond acceptors (Lipinski definition) is 4. The molecule has 2 heterocycles. The minimum atomic E-state index is -0.631. The molecule has 1 aromatic carbocycles. The van der Waals surface area contributed by atoms with Crippen LogP contribution in [0.25, 0.3) is 11.3 Å². The van der Waals surface area contributed by atoms with Gasteiger partial charge in [-0.1, -0.05) is 13.3 Å². The lowest BCUT2D eigenvalue weighted by molar-refractivity contribution is -0.116. The Morgan fingerprint density at radius 3 is 2.96 bits per heavy atom. The highest BCUT2D eigenvalue weighted by atomic mass is 19.1. The number of H-pyrrole nitrogens is 1. The van der Waals surface area contributed by atoms with Crippen molar-refractivity contribution in [1.82, 2.24) is 9.97 Å². The first-order chi connectivity index (χ1) is 13.0. The van der Waals surface area contributed by atoms with Gasteiger partial charge in [-0.2, -0.15) is 4.39 Å². The molecule has 27 heavy (non-hydrogen) atoms. The van der Waals surface area contributed by atoms with E-state index in [0.717, 1.165) is 25.7 Å². The molecule has 2 bridgehead atoms. The molecule has 0 radical (unpaired) electrons. The Kier molecular flexibility index (Phi) is 5.73. The number of ether oxygens (including phenoxy) is 1. The zero-order valence-electron chi connectivity index (χ0n) is 15.4. The fourth-order valence-electron chi connectivity index (χ4n) is 3.26. The first kappa shape index (κ1) is 18.9. The molecule has 0 saturated carbocycles. The van der Waals surface area contributed by atoms with Gasteiger partial charge in [-0.15, -0.1) is 0 Å². The van der Waals surface area contributed by atoms with Crippen molar-refractivity contribution in [2.45, 2.75) is 44.9 Å². The Morgan fingerprint density at radius 2 is 2.22 bits per heavy atom. The summed E-state index contributed by atoms with van der Waals surface area (Å²) in [5, 5.41) is 5.35. The van der Waals surface area contributed by atoms with E-state index < -0.39 is 12.0 Å². The molecule has 3 N–H and O–H groups in total. The number of nitrogens with zero attached hydrogens (tertiary/aromatic N) is 1. The Balaban J connectivity index is 2.06. The fraction of sp³-hybridized carbons (Fsp3) is 0.421. The molecule has 2 aromatic rings. The topological polar surface area (TPSA) is 96.1 Å². The molecule has 1 aliphatic heterocycles. The van der Waals surface area contributed by atoms with Crippen molar-refractivity contribution in [2.75, 3.05) is 17.7 Å². The average Bonchev–Trinajstić information content (AvgIpc) is 3.02. The standard InChI is InChI=1S/C19H23FN4O3/c1-3-11-6-4-5-7-15(25)22-14-10-12(21-19(26)27-2)8-9-13(14)16-17(20)24-18(11)23-16/h8-11H,3-7H2,1-2H3,(H,21,26)(H,22,25)(H,23,24)/t11-/m0/s1. The number of aromatic nitrogens is 2. The maximum absolute atomic E-state index is 14.6. The quantitative estimate of drug-likeness (QED) is 0.726. The summed E-state index contributed by atoms with van der Waals surface area (Å²) in [5.41, 5.74) is 1.42. The molecule has 7 nitrogen and oxygen atoms in total. The molecule has 8 heteroatoms. The lowest BCUT2D eigenvalue weighted by Gasteiger charge is -2.15. The molecular formula is C19H23FN4O3. The predicted octanol–water partition coefficient (Wildman–Crippen LogP) is 4.40. The summed E-state index contributed by atoms with van der Waals surface area (Å²) in [4.78, 5) is 31.0. The van der Waals surface area contributed by atoms with E-state index in [0.29, 0.717) is 29.2 Å². The number of anilines is 2. The molecule has 0 spiro atoms. The van der Waals surface area contributed by atoms with Gasteiger partial charge in [0.25, 0.3) is 0 Å². The van der Waals surface area contributed by atoms with Gasteiger partial charge in [0.2, 0.25) is 11.9 Å². The van der Waals surface area contributed by atoms with Gasteiger partial charge >= 0.3 is 6.09 Å². The van der Waals surface area contributed by atoms with Crippen LogP contribution in [-0.2, 0) is 9.53 Å². The number of rotatable bonds is 2. The van der Waals surface area contributed by atoms with E-state index in [1.807, 2.05) is 6.92 Å². The number of halogens is 1. The van der Waals surface area contributed by atoms with Crippen LogP contribution in [-0.4, -0.2) is 29.1 Å². The zero-order chi connectivity index (χ0) is 19.4. The Morgan fingerprint density at radius 1 is 1.41 bits per heavy atom. The summed E-state index contributed by atoms with van der Waals surface area (Å²) in [6.45, 7) is 2.04. The van der Waals surface area contributed by atoms with Gasteiger partial charge < -0.3 is 15.0 Å². The summed E-state index contributed by atoms with van der Waals surface area (Å²) in [7, 11) is 1.26. The minimum absolute atomic E-state index is 0.124. The van der Waals surface area contributed by atoms with Gasteiger partial charge in [0.05, 0.1) is 12.8 Å². The van der Waals surface area contributed by atoms with Crippen molar-refractivity contribution in [3.8, 4) is 11.3 Å². The number of hydrogen-bond donors (Lipinski definition) is 3. The number of methoxy groups -OCH3 is 1. The zero-order valence-corrected chi connectivity index (χ0v) is 15.4. The number of fused-ring (bicyclic) bond motifs is 4. The third-order valence-corrected chi connectivity index (χ3v) is 4.74. The van der Waals surface area contributed by atoms with E-state index in [-0.39, 0.29) is 17.5 Å². The molecular weight excluding hydrogens is 351 g/mol. The van der Waals surface area contributed by atoms with Crippen molar-refractivity contribution in [2.24, 2.45) is 0 Å². The highest BCUT2D eigenvalue weighted by molar-refractivity contribution is 5.97. The number of carbonyl (C=O) groups is 2. The van der Waals surface area contributed by atoms with E-state index in [1.54, 1.807) is 18.2 Å². The van der Waals surface area contributed by atoms with E-state index in [4.69, 9.17) is 0 Å². The molecule has 3 rings (SSSR count).